The Morgan fingerprint density at radius 1 is 1.24 bits per heavy atom. The minimum absolute atomic E-state index is 0.0203. The van der Waals surface area contributed by atoms with Crippen LogP contribution in [0, 0.1) is 0 Å². The standard InChI is InChI=1S/C24H25F3N8O2/c1-13(36)33-7-6-18(17(25)12-33)28-23-29-22(37-2)21-16(5-8-34(21)31-23)14-3-4-19-20(9-14)35(32-30-19)15-10-24(26,27)11-15/h3-5,8-9,15,17-18H,6-7,10-12H2,1-2H3,(H,28,31)/t17-,18+/m1/s1. The average molecular weight is 515 g/mol. The number of alkyl halides is 3. The Morgan fingerprint density at radius 3 is 2.76 bits per heavy atom. The van der Waals surface area contributed by atoms with E-state index in [9.17, 15) is 18.0 Å². The molecule has 4 heterocycles. The first-order valence-electron chi connectivity index (χ1n) is 12.0. The molecule has 0 unspecified atom stereocenters. The van der Waals surface area contributed by atoms with E-state index in [1.54, 1.807) is 21.5 Å². The molecule has 2 fully saturated rings. The van der Waals surface area contributed by atoms with E-state index in [4.69, 9.17) is 4.74 Å². The minimum Gasteiger partial charge on any atom is -0.479 e. The fraction of sp³-hybridized carbons (Fsp3) is 0.458. The van der Waals surface area contributed by atoms with Gasteiger partial charge in [-0.05, 0) is 30.2 Å². The van der Waals surface area contributed by atoms with Gasteiger partial charge in [0.1, 0.15) is 17.2 Å². The van der Waals surface area contributed by atoms with Gasteiger partial charge in [0.15, 0.2) is 0 Å². The number of nitrogens with zero attached hydrogens (tertiary/aromatic N) is 7. The van der Waals surface area contributed by atoms with Crippen LogP contribution >= 0.6 is 0 Å². The van der Waals surface area contributed by atoms with Crippen LogP contribution in [0.1, 0.15) is 32.2 Å². The molecule has 1 aliphatic carbocycles. The molecular weight excluding hydrogens is 489 g/mol. The smallest absolute Gasteiger partial charge is 0.252 e. The summed E-state index contributed by atoms with van der Waals surface area (Å²) in [4.78, 5) is 17.5. The van der Waals surface area contributed by atoms with Crippen LogP contribution in [0.25, 0.3) is 27.7 Å². The molecule has 0 spiro atoms. The molecule has 1 N–H and O–H groups in total. The molecule has 1 aromatic carbocycles. The largest absolute Gasteiger partial charge is 0.479 e. The van der Waals surface area contributed by atoms with E-state index in [-0.39, 0.29) is 31.2 Å². The molecule has 194 valence electrons. The first-order valence-corrected chi connectivity index (χ1v) is 12.0. The summed E-state index contributed by atoms with van der Waals surface area (Å²) < 4.78 is 50.4. The molecule has 1 saturated carbocycles. The first-order chi connectivity index (χ1) is 17.7. The van der Waals surface area contributed by atoms with E-state index in [2.05, 4.69) is 25.7 Å². The maximum atomic E-state index is 14.7. The van der Waals surface area contributed by atoms with Crippen molar-refractivity contribution >= 4 is 28.4 Å². The Balaban J connectivity index is 1.31. The number of piperidine rings is 1. The zero-order valence-electron chi connectivity index (χ0n) is 20.2. The number of fused-ring (bicyclic) bond motifs is 2. The number of amides is 1. The van der Waals surface area contributed by atoms with E-state index in [0.717, 1.165) is 11.1 Å². The van der Waals surface area contributed by atoms with Crippen LogP contribution in [-0.4, -0.2) is 78.7 Å². The van der Waals surface area contributed by atoms with Crippen LogP contribution in [0.3, 0.4) is 0 Å². The molecular formula is C24H25F3N8O2. The highest BCUT2D eigenvalue weighted by Gasteiger charge is 2.47. The second-order valence-corrected chi connectivity index (χ2v) is 9.64. The van der Waals surface area contributed by atoms with Crippen LogP contribution in [0.4, 0.5) is 19.1 Å². The highest BCUT2D eigenvalue weighted by Crippen LogP contribution is 2.46. The van der Waals surface area contributed by atoms with Crippen molar-refractivity contribution in [2.75, 3.05) is 25.5 Å². The van der Waals surface area contributed by atoms with Crippen molar-refractivity contribution in [2.45, 2.75) is 50.4 Å². The van der Waals surface area contributed by atoms with Gasteiger partial charge in [-0.15, -0.1) is 10.2 Å². The van der Waals surface area contributed by atoms with Gasteiger partial charge in [-0.3, -0.25) is 4.79 Å². The van der Waals surface area contributed by atoms with Crippen molar-refractivity contribution < 1.29 is 22.7 Å². The van der Waals surface area contributed by atoms with Gasteiger partial charge >= 0.3 is 0 Å². The molecule has 2 atom stereocenters. The number of aromatic nitrogens is 6. The number of nitrogens with one attached hydrogen (secondary N) is 1. The van der Waals surface area contributed by atoms with Crippen LogP contribution in [0.5, 0.6) is 5.88 Å². The maximum absolute atomic E-state index is 14.7. The molecule has 4 aromatic rings. The minimum atomic E-state index is -2.66. The lowest BCUT2D eigenvalue weighted by Gasteiger charge is -2.34. The molecule has 3 aromatic heterocycles. The van der Waals surface area contributed by atoms with Gasteiger partial charge in [-0.25, -0.2) is 22.4 Å². The number of halogens is 3. The fourth-order valence-corrected chi connectivity index (χ4v) is 5.12. The highest BCUT2D eigenvalue weighted by molar-refractivity contribution is 5.89. The molecule has 1 saturated heterocycles. The summed E-state index contributed by atoms with van der Waals surface area (Å²) >= 11 is 0. The number of rotatable bonds is 5. The Kier molecular flexibility index (Phi) is 5.46. The SMILES string of the molecule is COc1nc(N[C@H]2CCN(C(C)=O)C[C@H]2F)nn2ccc(-c3ccc4nnn(C5CC(F)(F)C5)c4c3)c12. The zero-order valence-corrected chi connectivity index (χ0v) is 20.2. The third-order valence-electron chi connectivity index (χ3n) is 7.17. The number of methoxy groups -OCH3 is 1. The van der Waals surface area contributed by atoms with Gasteiger partial charge in [-0.2, -0.15) is 4.98 Å². The third-order valence-corrected chi connectivity index (χ3v) is 7.17. The summed E-state index contributed by atoms with van der Waals surface area (Å²) in [6.45, 7) is 1.90. The number of carbonyl (C=O) groups is 1. The third kappa shape index (κ3) is 4.11. The lowest BCUT2D eigenvalue weighted by molar-refractivity contribution is -0.131. The molecule has 2 aliphatic rings. The summed E-state index contributed by atoms with van der Waals surface area (Å²) in [5, 5.41) is 15.8. The van der Waals surface area contributed by atoms with Crippen LogP contribution in [0.15, 0.2) is 30.5 Å². The van der Waals surface area contributed by atoms with Crippen molar-refractivity contribution in [2.24, 2.45) is 0 Å². The van der Waals surface area contributed by atoms with Crippen molar-refractivity contribution in [1.29, 1.82) is 0 Å². The normalized spacial score (nSPS) is 21.8. The Bertz CT molecular complexity index is 1490. The second kappa shape index (κ2) is 8.60. The van der Waals surface area contributed by atoms with E-state index in [0.29, 0.717) is 35.4 Å². The van der Waals surface area contributed by atoms with E-state index < -0.39 is 24.2 Å². The van der Waals surface area contributed by atoms with Crippen LogP contribution < -0.4 is 10.1 Å². The van der Waals surface area contributed by atoms with E-state index in [1.807, 2.05) is 18.2 Å². The number of hydrogen-bond acceptors (Lipinski definition) is 7. The van der Waals surface area contributed by atoms with E-state index >= 15 is 0 Å². The van der Waals surface area contributed by atoms with Gasteiger partial charge in [0.25, 0.3) is 5.92 Å². The number of carbonyl (C=O) groups excluding carboxylic acids is 1. The number of likely N-dealkylation sites (tertiary alicyclic amines) is 1. The zero-order chi connectivity index (χ0) is 25.9. The number of hydrogen-bond donors (Lipinski definition) is 1. The molecule has 13 heteroatoms. The predicted octanol–water partition coefficient (Wildman–Crippen LogP) is 3.49. The van der Waals surface area contributed by atoms with Gasteiger partial charge in [0, 0.05) is 38.1 Å². The monoisotopic (exact) mass is 514 g/mol. The van der Waals surface area contributed by atoms with Gasteiger partial charge in [-0.1, -0.05) is 11.3 Å². The summed E-state index contributed by atoms with van der Waals surface area (Å²) in [5.41, 5.74) is 3.46. The Labute approximate surface area is 209 Å². The average Bonchev–Trinajstić information content (AvgIpc) is 3.47. The summed E-state index contributed by atoms with van der Waals surface area (Å²) in [7, 11) is 1.49. The van der Waals surface area contributed by atoms with Gasteiger partial charge in [0.05, 0.1) is 31.3 Å². The van der Waals surface area contributed by atoms with Crippen molar-refractivity contribution in [3.63, 3.8) is 0 Å². The highest BCUT2D eigenvalue weighted by atomic mass is 19.3. The Hall–Kier alpha value is -3.90. The van der Waals surface area contributed by atoms with Crippen LogP contribution in [-0.2, 0) is 4.79 Å². The van der Waals surface area contributed by atoms with Gasteiger partial charge in [0.2, 0.25) is 17.7 Å². The van der Waals surface area contributed by atoms with Gasteiger partial charge < -0.3 is 15.0 Å². The summed E-state index contributed by atoms with van der Waals surface area (Å²) in [5.74, 6) is -2.32. The molecule has 10 nitrogen and oxygen atoms in total. The second-order valence-electron chi connectivity index (χ2n) is 9.64. The molecule has 6 rings (SSSR count). The predicted molar refractivity (Wildman–Crippen MR) is 128 cm³/mol. The lowest BCUT2D eigenvalue weighted by atomic mass is 9.88. The maximum Gasteiger partial charge on any atom is 0.252 e. The molecule has 1 amide bonds. The molecule has 0 radical (unpaired) electrons. The quantitative estimate of drug-likeness (QED) is 0.435. The number of ether oxygens (including phenoxy) is 1. The van der Waals surface area contributed by atoms with Crippen molar-refractivity contribution in [3.8, 4) is 17.0 Å². The summed E-state index contributed by atoms with van der Waals surface area (Å²) in [6, 6.07) is 6.45. The number of anilines is 1. The molecule has 37 heavy (non-hydrogen) atoms. The van der Waals surface area contributed by atoms with E-state index in [1.165, 1.54) is 18.9 Å². The van der Waals surface area contributed by atoms with Crippen LogP contribution in [0.2, 0.25) is 0 Å². The fourth-order valence-electron chi connectivity index (χ4n) is 5.12. The summed E-state index contributed by atoms with van der Waals surface area (Å²) in [6.07, 6.45) is 0.406. The Morgan fingerprint density at radius 2 is 2.05 bits per heavy atom. The van der Waals surface area contributed by atoms with Crippen molar-refractivity contribution in [1.82, 2.24) is 34.5 Å². The van der Waals surface area contributed by atoms with Crippen molar-refractivity contribution in [3.05, 3.63) is 30.5 Å². The molecule has 0 bridgehead atoms. The first kappa shape index (κ1) is 23.5. The number of benzene rings is 1. The topological polar surface area (TPSA) is 102 Å². The lowest BCUT2D eigenvalue weighted by Crippen LogP contribution is -2.49. The molecule has 1 aliphatic heterocycles.